The van der Waals surface area contributed by atoms with Gasteiger partial charge in [-0.25, -0.2) is 0 Å². The fourth-order valence-corrected chi connectivity index (χ4v) is 1.32. The van der Waals surface area contributed by atoms with Gasteiger partial charge < -0.3 is 10.4 Å². The van der Waals surface area contributed by atoms with Crippen LogP contribution in [0.15, 0.2) is 18.2 Å². The number of benzene rings is 1. The quantitative estimate of drug-likeness (QED) is 0.770. The monoisotopic (exact) mass is 193 g/mol. The Balaban J connectivity index is 2.55. The average Bonchev–Trinajstić information content (AvgIpc) is 2.08. The van der Waals surface area contributed by atoms with Crippen molar-refractivity contribution < 1.29 is 9.90 Å². The number of hydrogen-bond donors (Lipinski definition) is 2. The first kappa shape index (κ1) is 10.6. The summed E-state index contributed by atoms with van der Waals surface area (Å²) >= 11 is 0. The number of aliphatic carboxylic acids is 1. The Morgan fingerprint density at radius 3 is 2.71 bits per heavy atom. The van der Waals surface area contributed by atoms with Gasteiger partial charge in [0.1, 0.15) is 0 Å². The SMILES string of the molecule is Cc1ccc(NCCC(=O)O)c(C)c1. The smallest absolute Gasteiger partial charge is 0.305 e. The van der Waals surface area contributed by atoms with Crippen molar-refractivity contribution in [2.45, 2.75) is 20.3 Å². The van der Waals surface area contributed by atoms with Crippen LogP contribution < -0.4 is 5.32 Å². The molecule has 0 saturated carbocycles. The lowest BCUT2D eigenvalue weighted by Crippen LogP contribution is -2.08. The summed E-state index contributed by atoms with van der Waals surface area (Å²) in [6, 6.07) is 6.06. The number of hydrogen-bond acceptors (Lipinski definition) is 2. The van der Waals surface area contributed by atoms with Gasteiger partial charge in [-0.1, -0.05) is 17.7 Å². The van der Waals surface area contributed by atoms with Gasteiger partial charge in [-0.2, -0.15) is 0 Å². The van der Waals surface area contributed by atoms with E-state index in [1.807, 2.05) is 26.0 Å². The molecule has 14 heavy (non-hydrogen) atoms. The second kappa shape index (κ2) is 4.65. The maximum absolute atomic E-state index is 10.3. The molecule has 0 saturated heterocycles. The van der Waals surface area contributed by atoms with Crippen molar-refractivity contribution in [1.82, 2.24) is 0 Å². The van der Waals surface area contributed by atoms with Crippen LogP contribution in [-0.2, 0) is 4.79 Å². The standard InChI is InChI=1S/C11H15NO2/c1-8-3-4-10(9(2)7-8)12-6-5-11(13)14/h3-4,7,12H,5-6H2,1-2H3,(H,13,14). The molecule has 0 aliphatic rings. The van der Waals surface area contributed by atoms with E-state index in [9.17, 15) is 4.79 Å². The van der Waals surface area contributed by atoms with Crippen LogP contribution in [0.5, 0.6) is 0 Å². The van der Waals surface area contributed by atoms with Gasteiger partial charge in [0, 0.05) is 12.2 Å². The number of carboxylic acids is 1. The molecule has 1 aromatic rings. The number of carboxylic acid groups (broad SMARTS) is 1. The summed E-state index contributed by atoms with van der Waals surface area (Å²) in [6.45, 7) is 4.52. The summed E-state index contributed by atoms with van der Waals surface area (Å²) in [5.41, 5.74) is 3.37. The highest BCUT2D eigenvalue weighted by molar-refractivity contribution is 5.67. The van der Waals surface area contributed by atoms with Gasteiger partial charge in [-0.3, -0.25) is 4.79 Å². The summed E-state index contributed by atoms with van der Waals surface area (Å²) < 4.78 is 0. The molecular formula is C11H15NO2. The van der Waals surface area contributed by atoms with E-state index in [4.69, 9.17) is 5.11 Å². The largest absolute Gasteiger partial charge is 0.481 e. The number of carbonyl (C=O) groups is 1. The van der Waals surface area contributed by atoms with Crippen molar-refractivity contribution in [3.05, 3.63) is 29.3 Å². The van der Waals surface area contributed by atoms with Crippen LogP contribution in [0.3, 0.4) is 0 Å². The summed E-state index contributed by atoms with van der Waals surface area (Å²) in [5, 5.41) is 11.6. The molecule has 1 aromatic carbocycles. The first-order valence-electron chi connectivity index (χ1n) is 4.62. The van der Waals surface area contributed by atoms with E-state index in [1.165, 1.54) is 5.56 Å². The Bertz CT molecular complexity index is 334. The number of rotatable bonds is 4. The molecule has 0 heterocycles. The van der Waals surface area contributed by atoms with Crippen LogP contribution in [0, 0.1) is 13.8 Å². The van der Waals surface area contributed by atoms with Gasteiger partial charge in [0.15, 0.2) is 0 Å². The van der Waals surface area contributed by atoms with Crippen molar-refractivity contribution in [3.63, 3.8) is 0 Å². The molecule has 0 spiro atoms. The summed E-state index contributed by atoms with van der Waals surface area (Å²) in [7, 11) is 0. The topological polar surface area (TPSA) is 49.3 Å². The average molecular weight is 193 g/mol. The van der Waals surface area contributed by atoms with Crippen molar-refractivity contribution in [2.75, 3.05) is 11.9 Å². The number of aryl methyl sites for hydroxylation is 2. The van der Waals surface area contributed by atoms with Crippen molar-refractivity contribution in [1.29, 1.82) is 0 Å². The fourth-order valence-electron chi connectivity index (χ4n) is 1.32. The van der Waals surface area contributed by atoms with Crippen molar-refractivity contribution >= 4 is 11.7 Å². The van der Waals surface area contributed by atoms with E-state index in [-0.39, 0.29) is 6.42 Å². The number of anilines is 1. The summed E-state index contributed by atoms with van der Waals surface area (Å²) in [6.07, 6.45) is 0.146. The van der Waals surface area contributed by atoms with Crippen LogP contribution in [0.2, 0.25) is 0 Å². The molecule has 0 atom stereocenters. The lowest BCUT2D eigenvalue weighted by molar-refractivity contribution is -0.136. The molecule has 0 aliphatic carbocycles. The molecule has 0 aromatic heterocycles. The van der Waals surface area contributed by atoms with Gasteiger partial charge in [-0.05, 0) is 25.5 Å². The predicted octanol–water partition coefficient (Wildman–Crippen LogP) is 2.19. The molecule has 3 heteroatoms. The van der Waals surface area contributed by atoms with E-state index in [0.29, 0.717) is 6.54 Å². The molecule has 0 unspecified atom stereocenters. The van der Waals surface area contributed by atoms with Gasteiger partial charge in [0.25, 0.3) is 0 Å². The molecule has 0 amide bonds. The Kier molecular flexibility index (Phi) is 3.51. The number of nitrogens with one attached hydrogen (secondary N) is 1. The normalized spacial score (nSPS) is 9.86. The van der Waals surface area contributed by atoms with Gasteiger partial charge in [0.2, 0.25) is 0 Å². The third-order valence-corrected chi connectivity index (χ3v) is 2.04. The van der Waals surface area contributed by atoms with E-state index in [0.717, 1.165) is 11.3 Å². The summed E-state index contributed by atoms with van der Waals surface area (Å²) in [5.74, 6) is -0.776. The molecular weight excluding hydrogens is 178 g/mol. The molecule has 76 valence electrons. The van der Waals surface area contributed by atoms with Gasteiger partial charge >= 0.3 is 5.97 Å². The first-order valence-corrected chi connectivity index (χ1v) is 4.62. The molecule has 0 fully saturated rings. The van der Waals surface area contributed by atoms with E-state index < -0.39 is 5.97 Å². The first-order chi connectivity index (χ1) is 6.59. The lowest BCUT2D eigenvalue weighted by atomic mass is 10.1. The maximum atomic E-state index is 10.3. The van der Waals surface area contributed by atoms with Crippen LogP contribution in [0.25, 0.3) is 0 Å². The Morgan fingerprint density at radius 2 is 2.14 bits per heavy atom. The minimum Gasteiger partial charge on any atom is -0.481 e. The van der Waals surface area contributed by atoms with E-state index in [2.05, 4.69) is 11.4 Å². The third kappa shape index (κ3) is 3.09. The Hall–Kier alpha value is -1.51. The van der Waals surface area contributed by atoms with Crippen LogP contribution in [0.1, 0.15) is 17.5 Å². The van der Waals surface area contributed by atoms with Crippen LogP contribution in [0.4, 0.5) is 5.69 Å². The fraction of sp³-hybridized carbons (Fsp3) is 0.364. The molecule has 0 aliphatic heterocycles. The highest BCUT2D eigenvalue weighted by Gasteiger charge is 1.99. The molecule has 2 N–H and O–H groups in total. The highest BCUT2D eigenvalue weighted by atomic mass is 16.4. The Morgan fingerprint density at radius 1 is 1.43 bits per heavy atom. The minimum absolute atomic E-state index is 0.146. The van der Waals surface area contributed by atoms with E-state index in [1.54, 1.807) is 0 Å². The van der Waals surface area contributed by atoms with Crippen molar-refractivity contribution in [2.24, 2.45) is 0 Å². The lowest BCUT2D eigenvalue weighted by Gasteiger charge is -2.08. The zero-order valence-electron chi connectivity index (χ0n) is 8.50. The summed E-state index contributed by atoms with van der Waals surface area (Å²) in [4.78, 5) is 10.3. The van der Waals surface area contributed by atoms with Gasteiger partial charge in [-0.15, -0.1) is 0 Å². The molecule has 3 nitrogen and oxygen atoms in total. The van der Waals surface area contributed by atoms with Crippen LogP contribution >= 0.6 is 0 Å². The van der Waals surface area contributed by atoms with Gasteiger partial charge in [0.05, 0.1) is 6.42 Å². The molecule has 0 radical (unpaired) electrons. The minimum atomic E-state index is -0.776. The zero-order valence-corrected chi connectivity index (χ0v) is 8.50. The Labute approximate surface area is 83.8 Å². The predicted molar refractivity (Wildman–Crippen MR) is 56.7 cm³/mol. The highest BCUT2D eigenvalue weighted by Crippen LogP contribution is 2.15. The second-order valence-electron chi connectivity index (χ2n) is 3.39. The second-order valence-corrected chi connectivity index (χ2v) is 3.39. The third-order valence-electron chi connectivity index (χ3n) is 2.04. The van der Waals surface area contributed by atoms with E-state index >= 15 is 0 Å². The zero-order chi connectivity index (χ0) is 10.6. The molecule has 1 rings (SSSR count). The maximum Gasteiger partial charge on any atom is 0.305 e. The van der Waals surface area contributed by atoms with Crippen molar-refractivity contribution in [3.8, 4) is 0 Å². The molecule has 0 bridgehead atoms. The van der Waals surface area contributed by atoms with Crippen LogP contribution in [-0.4, -0.2) is 17.6 Å².